The summed E-state index contributed by atoms with van der Waals surface area (Å²) in [6.07, 6.45) is 1.40. The Labute approximate surface area is 98.8 Å². The van der Waals surface area contributed by atoms with Gasteiger partial charge < -0.3 is 5.11 Å². The van der Waals surface area contributed by atoms with E-state index in [2.05, 4.69) is 0 Å². The number of rotatable bonds is 6. The van der Waals surface area contributed by atoms with Crippen molar-refractivity contribution in [3.63, 3.8) is 0 Å². The van der Waals surface area contributed by atoms with Crippen molar-refractivity contribution in [1.82, 2.24) is 0 Å². The van der Waals surface area contributed by atoms with E-state index < -0.39 is 0 Å². The monoisotopic (exact) mass is 241 g/mol. The number of nitro benzene ring substituents is 1. The van der Waals surface area contributed by atoms with Crippen molar-refractivity contribution in [2.75, 3.05) is 5.75 Å². The Balaban J connectivity index is 2.42. The maximum Gasteiger partial charge on any atom is 0.270 e. The second-order valence-electron chi connectivity index (χ2n) is 3.59. The second kappa shape index (κ2) is 6.50. The highest BCUT2D eigenvalue weighted by Crippen LogP contribution is 2.23. The number of hydrogen-bond donors (Lipinski definition) is 1. The topological polar surface area (TPSA) is 63.4 Å². The van der Waals surface area contributed by atoms with Gasteiger partial charge in [-0.2, -0.15) is 0 Å². The van der Waals surface area contributed by atoms with E-state index >= 15 is 0 Å². The number of nitro groups is 1. The van der Waals surface area contributed by atoms with Crippen LogP contribution in [0.25, 0.3) is 0 Å². The summed E-state index contributed by atoms with van der Waals surface area (Å²) in [6, 6.07) is 6.61. The van der Waals surface area contributed by atoms with Gasteiger partial charge in [-0.1, -0.05) is 6.07 Å². The number of thioether (sulfide) groups is 1. The minimum Gasteiger partial charge on any atom is -0.393 e. The standard InChI is InChI=1S/C11H15NO3S/c1-9(13)4-3-7-16-11-6-2-5-10(8-11)12(14)15/h2,5-6,8-9,13H,3-4,7H2,1H3. The zero-order chi connectivity index (χ0) is 12.0. The molecule has 0 aromatic heterocycles. The van der Waals surface area contributed by atoms with Crippen LogP contribution in [0.2, 0.25) is 0 Å². The molecule has 0 bridgehead atoms. The van der Waals surface area contributed by atoms with Crippen molar-refractivity contribution in [3.8, 4) is 0 Å². The summed E-state index contributed by atoms with van der Waals surface area (Å²) < 4.78 is 0. The SMILES string of the molecule is CC(O)CCCSc1cccc([N+](=O)[O-])c1. The number of non-ortho nitro benzene ring substituents is 1. The van der Waals surface area contributed by atoms with Crippen molar-refractivity contribution in [2.24, 2.45) is 0 Å². The van der Waals surface area contributed by atoms with Crippen LogP contribution < -0.4 is 0 Å². The molecule has 1 atom stereocenters. The fourth-order valence-electron chi connectivity index (χ4n) is 1.26. The first kappa shape index (κ1) is 13.0. The minimum absolute atomic E-state index is 0.125. The average Bonchev–Trinajstić information content (AvgIpc) is 2.24. The van der Waals surface area contributed by atoms with Crippen molar-refractivity contribution in [2.45, 2.75) is 30.8 Å². The fraction of sp³-hybridized carbons (Fsp3) is 0.455. The van der Waals surface area contributed by atoms with Crippen molar-refractivity contribution < 1.29 is 10.0 Å². The maximum atomic E-state index is 10.5. The normalized spacial score (nSPS) is 12.4. The smallest absolute Gasteiger partial charge is 0.270 e. The van der Waals surface area contributed by atoms with E-state index in [4.69, 9.17) is 5.11 Å². The lowest BCUT2D eigenvalue weighted by molar-refractivity contribution is -0.385. The van der Waals surface area contributed by atoms with Gasteiger partial charge in [-0.15, -0.1) is 11.8 Å². The van der Waals surface area contributed by atoms with E-state index in [1.165, 1.54) is 6.07 Å². The van der Waals surface area contributed by atoms with Crippen LogP contribution in [0.5, 0.6) is 0 Å². The van der Waals surface area contributed by atoms with Crippen LogP contribution in [0.15, 0.2) is 29.2 Å². The van der Waals surface area contributed by atoms with Crippen molar-refractivity contribution in [3.05, 3.63) is 34.4 Å². The lowest BCUT2D eigenvalue weighted by atomic mass is 10.2. The first-order valence-electron chi connectivity index (χ1n) is 5.15. The average molecular weight is 241 g/mol. The Kier molecular flexibility index (Phi) is 5.28. The molecule has 4 nitrogen and oxygen atoms in total. The summed E-state index contributed by atoms with van der Waals surface area (Å²) in [5.74, 6) is 0.867. The second-order valence-corrected chi connectivity index (χ2v) is 4.76. The molecule has 0 spiro atoms. The molecule has 5 heteroatoms. The molecule has 0 heterocycles. The van der Waals surface area contributed by atoms with Crippen LogP contribution in [0.1, 0.15) is 19.8 Å². The molecule has 1 unspecified atom stereocenters. The Morgan fingerprint density at radius 3 is 2.94 bits per heavy atom. The Hall–Kier alpha value is -1.07. The maximum absolute atomic E-state index is 10.5. The highest BCUT2D eigenvalue weighted by molar-refractivity contribution is 7.99. The highest BCUT2D eigenvalue weighted by Gasteiger charge is 2.05. The van der Waals surface area contributed by atoms with Crippen LogP contribution in [-0.4, -0.2) is 21.9 Å². The van der Waals surface area contributed by atoms with Gasteiger partial charge in [-0.3, -0.25) is 10.1 Å². The first-order chi connectivity index (χ1) is 7.59. The van der Waals surface area contributed by atoms with Crippen LogP contribution in [0, 0.1) is 10.1 Å². The van der Waals surface area contributed by atoms with E-state index in [1.54, 1.807) is 30.8 Å². The molecule has 0 aliphatic rings. The molecule has 0 fully saturated rings. The summed E-state index contributed by atoms with van der Waals surface area (Å²) in [5, 5.41) is 19.6. The number of hydrogen-bond acceptors (Lipinski definition) is 4. The van der Waals surface area contributed by atoms with E-state index in [1.807, 2.05) is 6.07 Å². The van der Waals surface area contributed by atoms with Gasteiger partial charge in [0.25, 0.3) is 5.69 Å². The zero-order valence-corrected chi connectivity index (χ0v) is 9.94. The van der Waals surface area contributed by atoms with E-state index in [0.717, 1.165) is 23.5 Å². The molecule has 0 saturated heterocycles. The van der Waals surface area contributed by atoms with E-state index in [-0.39, 0.29) is 16.7 Å². The molecule has 1 rings (SSSR count). The Morgan fingerprint density at radius 1 is 1.56 bits per heavy atom. The van der Waals surface area contributed by atoms with Gasteiger partial charge in [-0.05, 0) is 31.6 Å². The molecule has 1 aromatic rings. The summed E-state index contributed by atoms with van der Waals surface area (Å²) in [7, 11) is 0. The number of nitrogens with zero attached hydrogens (tertiary/aromatic N) is 1. The third kappa shape index (κ3) is 4.63. The third-order valence-electron chi connectivity index (χ3n) is 2.06. The van der Waals surface area contributed by atoms with E-state index in [0.29, 0.717) is 0 Å². The van der Waals surface area contributed by atoms with Crippen LogP contribution in [0.4, 0.5) is 5.69 Å². The highest BCUT2D eigenvalue weighted by atomic mass is 32.2. The number of benzene rings is 1. The quantitative estimate of drug-likeness (QED) is 0.360. The molecular weight excluding hydrogens is 226 g/mol. The molecule has 1 aromatic carbocycles. The van der Waals surface area contributed by atoms with Crippen molar-refractivity contribution in [1.29, 1.82) is 0 Å². The molecule has 0 aliphatic heterocycles. The lowest BCUT2D eigenvalue weighted by Crippen LogP contribution is -1.99. The van der Waals surface area contributed by atoms with Crippen LogP contribution in [0.3, 0.4) is 0 Å². The van der Waals surface area contributed by atoms with E-state index in [9.17, 15) is 10.1 Å². The van der Waals surface area contributed by atoms with Gasteiger partial charge in [0.15, 0.2) is 0 Å². The minimum atomic E-state index is -0.389. The molecule has 0 saturated carbocycles. The molecule has 0 radical (unpaired) electrons. The van der Waals surface area contributed by atoms with Gasteiger partial charge >= 0.3 is 0 Å². The van der Waals surface area contributed by atoms with Gasteiger partial charge in [0.05, 0.1) is 11.0 Å². The van der Waals surface area contributed by atoms with Crippen LogP contribution >= 0.6 is 11.8 Å². The summed E-state index contributed by atoms with van der Waals surface area (Å²) in [5.41, 5.74) is 0.125. The molecule has 88 valence electrons. The number of aliphatic hydroxyl groups excluding tert-OH is 1. The lowest BCUT2D eigenvalue weighted by Gasteiger charge is -2.03. The third-order valence-corrected chi connectivity index (χ3v) is 3.14. The molecule has 0 aliphatic carbocycles. The summed E-state index contributed by atoms with van der Waals surface area (Å²) in [4.78, 5) is 11.0. The molecule has 0 amide bonds. The van der Waals surface area contributed by atoms with Gasteiger partial charge in [0.1, 0.15) is 0 Å². The Bertz CT molecular complexity index is 355. The fourth-order valence-corrected chi connectivity index (χ4v) is 2.18. The molecule has 16 heavy (non-hydrogen) atoms. The first-order valence-corrected chi connectivity index (χ1v) is 6.13. The van der Waals surface area contributed by atoms with Gasteiger partial charge in [0, 0.05) is 17.0 Å². The van der Waals surface area contributed by atoms with Crippen LogP contribution in [-0.2, 0) is 0 Å². The Morgan fingerprint density at radius 2 is 2.31 bits per heavy atom. The number of aliphatic hydroxyl groups is 1. The molecular formula is C11H15NO3S. The van der Waals surface area contributed by atoms with Gasteiger partial charge in [0.2, 0.25) is 0 Å². The van der Waals surface area contributed by atoms with Gasteiger partial charge in [-0.25, -0.2) is 0 Å². The predicted molar refractivity (Wildman–Crippen MR) is 64.7 cm³/mol. The summed E-state index contributed by atoms with van der Waals surface area (Å²) in [6.45, 7) is 1.76. The predicted octanol–water partition coefficient (Wildman–Crippen LogP) is 2.85. The van der Waals surface area contributed by atoms with Crippen molar-refractivity contribution >= 4 is 17.4 Å². The zero-order valence-electron chi connectivity index (χ0n) is 9.13. The summed E-state index contributed by atoms with van der Waals surface area (Å²) >= 11 is 1.58. The molecule has 1 N–H and O–H groups in total. The largest absolute Gasteiger partial charge is 0.393 e.